The van der Waals surface area contributed by atoms with Crippen LogP contribution in [0.4, 0.5) is 0 Å². The monoisotopic (exact) mass is 403 g/mol. The van der Waals surface area contributed by atoms with Crippen molar-refractivity contribution in [2.24, 2.45) is 0 Å². The number of sulfone groups is 1. The Kier molecular flexibility index (Phi) is 4.66. The molecule has 1 aliphatic rings. The van der Waals surface area contributed by atoms with Crippen LogP contribution in [0, 0.1) is 6.92 Å². The number of carbonyl (C=O) groups is 1. The second-order valence-corrected chi connectivity index (χ2v) is 9.22. The number of aryl methyl sites for hydroxylation is 1. The van der Waals surface area contributed by atoms with Gasteiger partial charge in [0.2, 0.25) is 0 Å². The molecule has 4 rings (SSSR count). The van der Waals surface area contributed by atoms with E-state index in [0.29, 0.717) is 29.1 Å². The van der Waals surface area contributed by atoms with Crippen LogP contribution in [-0.4, -0.2) is 43.9 Å². The van der Waals surface area contributed by atoms with Gasteiger partial charge in [-0.05, 0) is 43.7 Å². The van der Waals surface area contributed by atoms with Crippen LogP contribution in [0.25, 0.3) is 11.0 Å². The number of methoxy groups -OCH3 is 1. The number of hydrogen-bond donors (Lipinski definition) is 0. The third-order valence-corrected chi connectivity index (χ3v) is 6.90. The Balaban J connectivity index is 1.72. The van der Waals surface area contributed by atoms with Crippen LogP contribution in [0.1, 0.15) is 28.3 Å². The van der Waals surface area contributed by atoms with Crippen LogP contribution in [-0.2, 0) is 16.4 Å². The van der Waals surface area contributed by atoms with Gasteiger partial charge in [0.1, 0.15) is 17.1 Å². The van der Waals surface area contributed by atoms with E-state index < -0.39 is 15.9 Å². The minimum atomic E-state index is -3.15. The average Bonchev–Trinajstić information content (AvgIpc) is 3.38. The highest BCUT2D eigenvalue weighted by Gasteiger charge is 2.37. The first-order valence-corrected chi connectivity index (χ1v) is 10.8. The molecule has 8 heteroatoms. The van der Waals surface area contributed by atoms with Crippen molar-refractivity contribution in [3.05, 3.63) is 53.7 Å². The van der Waals surface area contributed by atoms with Gasteiger partial charge in [0.05, 0.1) is 31.4 Å². The molecular formula is C20H21NO6S. The Morgan fingerprint density at radius 1 is 1.32 bits per heavy atom. The molecule has 0 unspecified atom stereocenters. The van der Waals surface area contributed by atoms with Crippen molar-refractivity contribution in [3.8, 4) is 5.75 Å². The second kappa shape index (κ2) is 7.01. The first kappa shape index (κ1) is 18.6. The summed E-state index contributed by atoms with van der Waals surface area (Å²) in [5.41, 5.74) is 1.28. The second-order valence-electron chi connectivity index (χ2n) is 6.99. The number of rotatable bonds is 5. The molecule has 0 spiro atoms. The molecule has 1 atom stereocenters. The summed E-state index contributed by atoms with van der Waals surface area (Å²) in [6.45, 7) is 2.00. The number of amides is 1. The largest absolute Gasteiger partial charge is 0.497 e. The highest BCUT2D eigenvalue weighted by molar-refractivity contribution is 7.91. The van der Waals surface area contributed by atoms with E-state index in [1.807, 2.05) is 13.0 Å². The van der Waals surface area contributed by atoms with Crippen LogP contribution in [0.2, 0.25) is 0 Å². The van der Waals surface area contributed by atoms with Gasteiger partial charge in [-0.2, -0.15) is 0 Å². The van der Waals surface area contributed by atoms with E-state index in [1.165, 1.54) is 6.26 Å². The number of nitrogens with zero attached hydrogens (tertiary/aromatic N) is 1. The zero-order valence-electron chi connectivity index (χ0n) is 15.7. The molecule has 1 aliphatic heterocycles. The lowest BCUT2D eigenvalue weighted by atomic mass is 10.1. The summed E-state index contributed by atoms with van der Waals surface area (Å²) in [6, 6.07) is 8.44. The van der Waals surface area contributed by atoms with E-state index in [1.54, 1.807) is 36.3 Å². The van der Waals surface area contributed by atoms with Crippen molar-refractivity contribution in [1.29, 1.82) is 0 Å². The molecule has 1 saturated heterocycles. The maximum Gasteiger partial charge on any atom is 0.290 e. The molecule has 28 heavy (non-hydrogen) atoms. The predicted octanol–water partition coefficient (Wildman–Crippen LogP) is 3.17. The van der Waals surface area contributed by atoms with E-state index in [0.717, 1.165) is 5.39 Å². The number of ether oxygens (including phenoxy) is 1. The summed E-state index contributed by atoms with van der Waals surface area (Å²) in [6.07, 6.45) is 1.93. The number of benzene rings is 1. The fourth-order valence-electron chi connectivity index (χ4n) is 3.62. The summed E-state index contributed by atoms with van der Waals surface area (Å²) in [5.74, 6) is 1.16. The van der Waals surface area contributed by atoms with Gasteiger partial charge in [-0.1, -0.05) is 0 Å². The zero-order valence-corrected chi connectivity index (χ0v) is 16.5. The van der Waals surface area contributed by atoms with Crippen molar-refractivity contribution in [1.82, 2.24) is 4.90 Å². The van der Waals surface area contributed by atoms with Crippen molar-refractivity contribution in [2.45, 2.75) is 25.9 Å². The lowest BCUT2D eigenvalue weighted by Crippen LogP contribution is -2.40. The van der Waals surface area contributed by atoms with Crippen LogP contribution < -0.4 is 4.74 Å². The van der Waals surface area contributed by atoms with E-state index in [9.17, 15) is 13.2 Å². The quantitative estimate of drug-likeness (QED) is 0.650. The molecule has 148 valence electrons. The average molecular weight is 403 g/mol. The van der Waals surface area contributed by atoms with Crippen LogP contribution in [0.15, 0.2) is 45.4 Å². The SMILES string of the molecule is COc1ccc2oc(C(=O)N(Cc3ccco3)[C@H]3CCS(=O)(=O)C3)c(C)c2c1. The topological polar surface area (TPSA) is 90.0 Å². The van der Waals surface area contributed by atoms with Gasteiger partial charge in [0.15, 0.2) is 15.6 Å². The highest BCUT2D eigenvalue weighted by atomic mass is 32.2. The Labute approximate surface area is 162 Å². The Hall–Kier alpha value is -2.74. The maximum absolute atomic E-state index is 13.4. The van der Waals surface area contributed by atoms with Crippen LogP contribution >= 0.6 is 0 Å². The van der Waals surface area contributed by atoms with Crippen molar-refractivity contribution in [3.63, 3.8) is 0 Å². The lowest BCUT2D eigenvalue weighted by Gasteiger charge is -2.26. The fraction of sp³-hybridized carbons (Fsp3) is 0.350. The van der Waals surface area contributed by atoms with Gasteiger partial charge in [-0.3, -0.25) is 4.79 Å². The molecule has 1 amide bonds. The highest BCUT2D eigenvalue weighted by Crippen LogP contribution is 2.31. The smallest absolute Gasteiger partial charge is 0.290 e. The van der Waals surface area contributed by atoms with Gasteiger partial charge in [-0.25, -0.2) is 8.42 Å². The summed E-state index contributed by atoms with van der Waals surface area (Å²) in [4.78, 5) is 14.9. The summed E-state index contributed by atoms with van der Waals surface area (Å²) in [7, 11) is -1.57. The molecule has 3 aromatic rings. The van der Waals surface area contributed by atoms with E-state index in [2.05, 4.69) is 0 Å². The minimum Gasteiger partial charge on any atom is -0.497 e. The molecular weight excluding hydrogens is 382 g/mol. The molecule has 0 bridgehead atoms. The molecule has 0 N–H and O–H groups in total. The van der Waals surface area contributed by atoms with Gasteiger partial charge in [0.25, 0.3) is 5.91 Å². The van der Waals surface area contributed by atoms with E-state index in [-0.39, 0.29) is 29.7 Å². The van der Waals surface area contributed by atoms with E-state index >= 15 is 0 Å². The predicted molar refractivity (Wildman–Crippen MR) is 103 cm³/mol. The molecule has 0 radical (unpaired) electrons. The Bertz CT molecular complexity index is 1110. The van der Waals surface area contributed by atoms with Gasteiger partial charge in [-0.15, -0.1) is 0 Å². The first-order valence-electron chi connectivity index (χ1n) is 8.99. The number of fused-ring (bicyclic) bond motifs is 1. The molecule has 0 aliphatic carbocycles. The van der Waals surface area contributed by atoms with Crippen LogP contribution in [0.5, 0.6) is 5.75 Å². The summed E-state index contributed by atoms with van der Waals surface area (Å²) < 4.78 is 40.5. The standard InChI is InChI=1S/C20H21NO6S/c1-13-17-10-15(25-2)5-6-18(17)27-19(13)20(22)21(11-16-4-3-8-26-16)14-7-9-28(23,24)12-14/h3-6,8,10,14H,7,9,11-12H2,1-2H3/t14-/m0/s1. The van der Waals surface area contributed by atoms with Crippen molar-refractivity contribution in [2.75, 3.05) is 18.6 Å². The lowest BCUT2D eigenvalue weighted by molar-refractivity contribution is 0.0634. The third-order valence-electron chi connectivity index (χ3n) is 5.15. The maximum atomic E-state index is 13.4. The molecule has 3 heterocycles. The normalized spacial score (nSPS) is 18.4. The van der Waals surface area contributed by atoms with Gasteiger partial charge >= 0.3 is 0 Å². The van der Waals surface area contributed by atoms with E-state index in [4.69, 9.17) is 13.6 Å². The minimum absolute atomic E-state index is 0.0491. The first-order chi connectivity index (χ1) is 13.4. The van der Waals surface area contributed by atoms with Crippen LogP contribution in [0.3, 0.4) is 0 Å². The summed E-state index contributed by atoms with van der Waals surface area (Å²) in [5, 5.41) is 0.791. The third kappa shape index (κ3) is 3.40. The Morgan fingerprint density at radius 2 is 2.14 bits per heavy atom. The summed E-state index contributed by atoms with van der Waals surface area (Å²) >= 11 is 0. The van der Waals surface area contributed by atoms with Gasteiger partial charge in [0, 0.05) is 17.0 Å². The molecule has 1 fully saturated rings. The molecule has 1 aromatic carbocycles. The van der Waals surface area contributed by atoms with Crippen molar-refractivity contribution >= 4 is 26.7 Å². The number of carbonyl (C=O) groups excluding carboxylic acids is 1. The molecule has 7 nitrogen and oxygen atoms in total. The van der Waals surface area contributed by atoms with Gasteiger partial charge < -0.3 is 18.5 Å². The van der Waals surface area contributed by atoms with Crippen molar-refractivity contribution < 1.29 is 26.8 Å². The zero-order chi connectivity index (χ0) is 19.9. The molecule has 0 saturated carbocycles. The number of hydrogen-bond acceptors (Lipinski definition) is 6. The number of furan rings is 2. The Morgan fingerprint density at radius 3 is 2.79 bits per heavy atom. The molecule has 2 aromatic heterocycles. The fourth-order valence-corrected chi connectivity index (χ4v) is 5.35.